The highest BCUT2D eigenvalue weighted by Gasteiger charge is 2.32. The topological polar surface area (TPSA) is 84.6 Å². The molecule has 2 saturated heterocycles. The Hall–Kier alpha value is -2.26. The van der Waals surface area contributed by atoms with Gasteiger partial charge in [-0.15, -0.1) is 0 Å². The molecule has 9 heteroatoms. The highest BCUT2D eigenvalue weighted by molar-refractivity contribution is 8.18. The number of furan rings is 1. The molecule has 4 rings (SSSR count). The van der Waals surface area contributed by atoms with Gasteiger partial charge in [0.15, 0.2) is 11.1 Å². The van der Waals surface area contributed by atoms with Gasteiger partial charge in [0.2, 0.25) is 0 Å². The number of aliphatic imine (C=N–C) groups is 1. The van der Waals surface area contributed by atoms with Crippen LogP contribution in [0.4, 0.5) is 5.88 Å². The average molecular weight is 420 g/mol. The number of amides is 1. The van der Waals surface area contributed by atoms with Gasteiger partial charge in [-0.25, -0.2) is 0 Å². The summed E-state index contributed by atoms with van der Waals surface area (Å²) in [4.78, 5) is 33.2. The maximum Gasteiger partial charge on any atom is 0.309 e. The number of thioether (sulfide) groups is 1. The number of hydrogen-bond acceptors (Lipinski definition) is 8. The fourth-order valence-corrected chi connectivity index (χ4v) is 4.55. The lowest BCUT2D eigenvalue weighted by atomic mass is 9.97. The normalized spacial score (nSPS) is 22.3. The smallest absolute Gasteiger partial charge is 0.309 e. The van der Waals surface area contributed by atoms with Crippen LogP contribution in [0.2, 0.25) is 0 Å². The number of morpholine rings is 1. The van der Waals surface area contributed by atoms with Crippen LogP contribution in [0.3, 0.4) is 0 Å². The Balaban J connectivity index is 1.35. The van der Waals surface area contributed by atoms with E-state index in [0.29, 0.717) is 61.6 Å². The maximum absolute atomic E-state index is 12.4. The van der Waals surface area contributed by atoms with E-state index < -0.39 is 0 Å². The van der Waals surface area contributed by atoms with E-state index in [1.807, 2.05) is 19.1 Å². The number of nitrogens with zero attached hydrogens (tertiary/aromatic N) is 3. The van der Waals surface area contributed by atoms with Crippen molar-refractivity contribution in [3.05, 3.63) is 22.8 Å². The third-order valence-electron chi connectivity index (χ3n) is 5.20. The van der Waals surface area contributed by atoms with Crippen LogP contribution in [0.15, 0.2) is 26.4 Å². The molecule has 3 aliphatic heterocycles. The minimum atomic E-state index is -0.248. The number of ether oxygens (including phenoxy) is 2. The Kier molecular flexibility index (Phi) is 6.25. The predicted molar refractivity (Wildman–Crippen MR) is 111 cm³/mol. The molecule has 4 heterocycles. The first-order chi connectivity index (χ1) is 14.1. The Morgan fingerprint density at radius 2 is 2.00 bits per heavy atom. The molecule has 156 valence electrons. The minimum Gasteiger partial charge on any atom is -0.466 e. The van der Waals surface area contributed by atoms with Crippen molar-refractivity contribution in [2.24, 2.45) is 10.9 Å². The Morgan fingerprint density at radius 3 is 2.72 bits per heavy atom. The predicted octanol–water partition coefficient (Wildman–Crippen LogP) is 2.36. The lowest BCUT2D eigenvalue weighted by molar-refractivity contribution is -0.149. The van der Waals surface area contributed by atoms with E-state index >= 15 is 0 Å². The molecule has 0 aromatic carbocycles. The SMILES string of the molecule is CCOC(=O)C1CCN(C2=NC(=O)/C(=C/c3ccc(N4CCOCC4)o3)S2)CC1. The molecule has 0 bridgehead atoms. The van der Waals surface area contributed by atoms with Crippen molar-refractivity contribution in [2.45, 2.75) is 19.8 Å². The van der Waals surface area contributed by atoms with Crippen LogP contribution in [0.25, 0.3) is 6.08 Å². The molecule has 0 radical (unpaired) electrons. The Morgan fingerprint density at radius 1 is 1.24 bits per heavy atom. The number of likely N-dealkylation sites (tertiary alicyclic amines) is 1. The first-order valence-electron chi connectivity index (χ1n) is 10.0. The van der Waals surface area contributed by atoms with Gasteiger partial charge in [0.05, 0.1) is 30.6 Å². The van der Waals surface area contributed by atoms with Gasteiger partial charge in [-0.2, -0.15) is 4.99 Å². The van der Waals surface area contributed by atoms with E-state index in [-0.39, 0.29) is 17.8 Å². The molecule has 8 nitrogen and oxygen atoms in total. The zero-order chi connectivity index (χ0) is 20.2. The van der Waals surface area contributed by atoms with Gasteiger partial charge in [0, 0.05) is 38.3 Å². The van der Waals surface area contributed by atoms with Crippen LogP contribution in [0, 0.1) is 5.92 Å². The fourth-order valence-electron chi connectivity index (χ4n) is 3.60. The van der Waals surface area contributed by atoms with Gasteiger partial charge in [-0.3, -0.25) is 9.59 Å². The van der Waals surface area contributed by atoms with E-state index in [4.69, 9.17) is 13.9 Å². The molecular weight excluding hydrogens is 394 g/mol. The zero-order valence-corrected chi connectivity index (χ0v) is 17.3. The van der Waals surface area contributed by atoms with Crippen molar-refractivity contribution in [3.63, 3.8) is 0 Å². The molecule has 29 heavy (non-hydrogen) atoms. The standard InChI is InChI=1S/C20H25N3O5S/c1-2-27-19(25)14-5-7-23(8-6-14)20-21-18(24)16(29-20)13-15-3-4-17(28-15)22-9-11-26-12-10-22/h3-4,13-14H,2,5-12H2,1H3/b16-13-. The van der Waals surface area contributed by atoms with Gasteiger partial charge in [-0.1, -0.05) is 0 Å². The third kappa shape index (κ3) is 4.67. The largest absolute Gasteiger partial charge is 0.466 e. The van der Waals surface area contributed by atoms with Crippen molar-refractivity contribution in [2.75, 3.05) is 50.9 Å². The molecule has 1 aromatic rings. The number of anilines is 1. The number of rotatable bonds is 4. The van der Waals surface area contributed by atoms with Crippen molar-refractivity contribution in [1.82, 2.24) is 4.90 Å². The number of piperidine rings is 1. The molecular formula is C20H25N3O5S. The van der Waals surface area contributed by atoms with Crippen LogP contribution in [-0.4, -0.2) is 67.9 Å². The summed E-state index contributed by atoms with van der Waals surface area (Å²) in [6.07, 6.45) is 3.18. The van der Waals surface area contributed by atoms with Crippen LogP contribution in [0.5, 0.6) is 0 Å². The fraction of sp³-hybridized carbons (Fsp3) is 0.550. The van der Waals surface area contributed by atoms with E-state index in [9.17, 15) is 9.59 Å². The van der Waals surface area contributed by atoms with E-state index in [2.05, 4.69) is 14.8 Å². The number of carbonyl (C=O) groups is 2. The summed E-state index contributed by atoms with van der Waals surface area (Å²) >= 11 is 1.36. The average Bonchev–Trinajstić information content (AvgIpc) is 3.36. The van der Waals surface area contributed by atoms with Crippen LogP contribution in [0.1, 0.15) is 25.5 Å². The van der Waals surface area contributed by atoms with E-state index in [1.165, 1.54) is 11.8 Å². The van der Waals surface area contributed by atoms with E-state index in [1.54, 1.807) is 6.08 Å². The van der Waals surface area contributed by atoms with Crippen molar-refractivity contribution in [3.8, 4) is 0 Å². The summed E-state index contributed by atoms with van der Waals surface area (Å²) < 4.78 is 16.4. The summed E-state index contributed by atoms with van der Waals surface area (Å²) in [5.74, 6) is 0.990. The lowest BCUT2D eigenvalue weighted by Crippen LogP contribution is -2.39. The first kappa shape index (κ1) is 20.0. The van der Waals surface area contributed by atoms with Crippen LogP contribution >= 0.6 is 11.8 Å². The van der Waals surface area contributed by atoms with Crippen molar-refractivity contribution < 1.29 is 23.5 Å². The van der Waals surface area contributed by atoms with Gasteiger partial charge in [-0.05, 0) is 37.6 Å². The maximum atomic E-state index is 12.4. The lowest BCUT2D eigenvalue weighted by Gasteiger charge is -2.31. The quantitative estimate of drug-likeness (QED) is 0.543. The first-order valence-corrected chi connectivity index (χ1v) is 10.8. The van der Waals surface area contributed by atoms with Gasteiger partial charge >= 0.3 is 5.97 Å². The highest BCUT2D eigenvalue weighted by Crippen LogP contribution is 2.33. The summed E-state index contributed by atoms with van der Waals surface area (Å²) in [6, 6.07) is 3.79. The van der Waals surface area contributed by atoms with Gasteiger partial charge in [0.25, 0.3) is 5.91 Å². The highest BCUT2D eigenvalue weighted by atomic mass is 32.2. The molecule has 1 amide bonds. The van der Waals surface area contributed by atoms with Crippen molar-refractivity contribution >= 4 is 40.8 Å². The summed E-state index contributed by atoms with van der Waals surface area (Å²) in [5, 5.41) is 0.698. The second-order valence-corrected chi connectivity index (χ2v) is 8.11. The second-order valence-electron chi connectivity index (χ2n) is 7.10. The molecule has 0 saturated carbocycles. The molecule has 0 atom stereocenters. The minimum absolute atomic E-state index is 0.0642. The molecule has 3 aliphatic rings. The number of esters is 1. The third-order valence-corrected chi connectivity index (χ3v) is 6.25. The number of hydrogen-bond donors (Lipinski definition) is 0. The van der Waals surface area contributed by atoms with Crippen LogP contribution in [-0.2, 0) is 19.1 Å². The number of amidine groups is 1. The van der Waals surface area contributed by atoms with Gasteiger partial charge in [0.1, 0.15) is 5.76 Å². The molecule has 0 N–H and O–H groups in total. The molecule has 0 aliphatic carbocycles. The second kappa shape index (κ2) is 9.04. The molecule has 1 aromatic heterocycles. The molecule has 0 unspecified atom stereocenters. The zero-order valence-electron chi connectivity index (χ0n) is 16.5. The summed E-state index contributed by atoms with van der Waals surface area (Å²) in [5.41, 5.74) is 0. The monoisotopic (exact) mass is 419 g/mol. The molecule has 0 spiro atoms. The van der Waals surface area contributed by atoms with E-state index in [0.717, 1.165) is 19.0 Å². The number of carbonyl (C=O) groups excluding carboxylic acids is 2. The van der Waals surface area contributed by atoms with Crippen molar-refractivity contribution in [1.29, 1.82) is 0 Å². The molecule has 2 fully saturated rings. The summed E-state index contributed by atoms with van der Waals surface area (Å²) in [6.45, 7) is 6.59. The van der Waals surface area contributed by atoms with Gasteiger partial charge < -0.3 is 23.7 Å². The Labute approximate surface area is 173 Å². The summed E-state index contributed by atoms with van der Waals surface area (Å²) in [7, 11) is 0. The Bertz CT molecular complexity index is 820. The van der Waals surface area contributed by atoms with Crippen LogP contribution < -0.4 is 4.90 Å².